The van der Waals surface area contributed by atoms with Gasteiger partial charge in [-0.25, -0.2) is 13.4 Å². The molecule has 0 aliphatic carbocycles. The average molecular weight is 541 g/mol. The summed E-state index contributed by atoms with van der Waals surface area (Å²) in [5, 5.41) is 2.11. The molecular weight excluding hydrogens is 508 g/mol. The monoisotopic (exact) mass is 540 g/mol. The second-order valence-corrected chi connectivity index (χ2v) is 12.2. The topological polar surface area (TPSA) is 84.2 Å². The maximum absolute atomic E-state index is 13.0. The minimum Gasteiger partial charge on any atom is -0.379 e. The van der Waals surface area contributed by atoms with Crippen LogP contribution in [0.3, 0.4) is 0 Å². The van der Waals surface area contributed by atoms with Crippen LogP contribution in [-0.2, 0) is 26.1 Å². The summed E-state index contributed by atoms with van der Waals surface area (Å²) < 4.78 is 34.9. The van der Waals surface area contributed by atoms with E-state index in [0.29, 0.717) is 38.4 Å². The second-order valence-electron chi connectivity index (χ2n) is 9.38. The number of hydrogen-bond donors (Lipinski definition) is 0. The van der Waals surface area contributed by atoms with Gasteiger partial charge in [-0.15, -0.1) is 11.3 Å². The average Bonchev–Trinajstić information content (AvgIpc) is 3.51. The van der Waals surface area contributed by atoms with Gasteiger partial charge in [-0.3, -0.25) is 4.79 Å². The fourth-order valence-electron chi connectivity index (χ4n) is 4.69. The largest absolute Gasteiger partial charge is 0.379 e. The molecule has 0 saturated carbocycles. The number of aromatic nitrogens is 1. The highest BCUT2D eigenvalue weighted by Gasteiger charge is 2.26. The van der Waals surface area contributed by atoms with Gasteiger partial charge in [-0.2, -0.15) is 4.31 Å². The summed E-state index contributed by atoms with van der Waals surface area (Å²) in [7, 11) is -3.54. The maximum atomic E-state index is 13.0. The first-order valence-electron chi connectivity index (χ1n) is 12.7. The first-order valence-corrected chi connectivity index (χ1v) is 15.0. The van der Waals surface area contributed by atoms with E-state index in [-0.39, 0.29) is 10.8 Å². The van der Waals surface area contributed by atoms with Crippen molar-refractivity contribution >= 4 is 33.0 Å². The van der Waals surface area contributed by atoms with Crippen LogP contribution in [0.15, 0.2) is 63.8 Å². The fraction of sp³-hybridized carbons (Fsp3) is 0.407. The van der Waals surface area contributed by atoms with Gasteiger partial charge in [0.25, 0.3) is 0 Å². The molecule has 2 fully saturated rings. The van der Waals surface area contributed by atoms with Gasteiger partial charge in [0.05, 0.1) is 29.5 Å². The van der Waals surface area contributed by atoms with E-state index in [2.05, 4.69) is 41.1 Å². The molecule has 2 aromatic carbocycles. The minimum atomic E-state index is -3.54. The summed E-state index contributed by atoms with van der Waals surface area (Å²) in [5.74, 6) is 0.242. The number of morpholine rings is 1. The smallest absolute Gasteiger partial charge is 0.243 e. The van der Waals surface area contributed by atoms with Gasteiger partial charge in [0, 0.05) is 44.5 Å². The Hall–Kier alpha value is -2.79. The highest BCUT2D eigenvalue weighted by Crippen LogP contribution is 2.24. The quantitative estimate of drug-likeness (QED) is 0.435. The molecule has 0 unspecified atom stereocenters. The molecule has 37 heavy (non-hydrogen) atoms. The number of nitrogens with zero attached hydrogens (tertiary/aromatic N) is 4. The van der Waals surface area contributed by atoms with Crippen LogP contribution in [0.5, 0.6) is 0 Å². The van der Waals surface area contributed by atoms with E-state index in [1.165, 1.54) is 9.87 Å². The summed E-state index contributed by atoms with van der Waals surface area (Å²) in [6, 6.07) is 15.2. The molecule has 2 saturated heterocycles. The summed E-state index contributed by atoms with van der Waals surface area (Å²) in [6.45, 7) is 5.96. The predicted molar refractivity (Wildman–Crippen MR) is 144 cm³/mol. The van der Waals surface area contributed by atoms with Gasteiger partial charge in [0.15, 0.2) is 4.80 Å². The number of hydrogen-bond acceptors (Lipinski definition) is 6. The van der Waals surface area contributed by atoms with Gasteiger partial charge in [0.2, 0.25) is 15.9 Å². The first kappa shape index (κ1) is 25.8. The molecule has 0 spiro atoms. The Bertz CT molecular complexity index is 1400. The summed E-state index contributed by atoms with van der Waals surface area (Å²) in [5.41, 5.74) is 4.10. The number of likely N-dealkylation sites (tertiary alicyclic amines) is 1. The van der Waals surface area contributed by atoms with E-state index in [1.807, 2.05) is 4.90 Å². The normalized spacial score (nSPS) is 17.6. The maximum Gasteiger partial charge on any atom is 0.243 e. The van der Waals surface area contributed by atoms with Crippen LogP contribution in [-0.4, -0.2) is 67.5 Å². The van der Waals surface area contributed by atoms with Gasteiger partial charge in [0.1, 0.15) is 0 Å². The predicted octanol–water partition coefficient (Wildman–Crippen LogP) is 3.79. The molecule has 1 amide bonds. The zero-order chi connectivity index (χ0) is 25.8. The molecule has 1 aromatic heterocycles. The van der Waals surface area contributed by atoms with Crippen molar-refractivity contribution in [3.05, 3.63) is 64.3 Å². The van der Waals surface area contributed by atoms with Crippen LogP contribution in [0.1, 0.15) is 24.8 Å². The molecule has 0 radical (unpaired) electrons. The molecule has 196 valence electrons. The fourth-order valence-corrected chi connectivity index (χ4v) is 7.05. The zero-order valence-corrected chi connectivity index (χ0v) is 22.6. The van der Waals surface area contributed by atoms with Crippen LogP contribution in [0.25, 0.3) is 11.3 Å². The number of aryl methyl sites for hydroxylation is 1. The lowest BCUT2D eigenvalue weighted by atomic mass is 10.1. The second kappa shape index (κ2) is 11.3. The van der Waals surface area contributed by atoms with Gasteiger partial charge in [-0.05, 0) is 49.6 Å². The molecule has 5 rings (SSSR count). The van der Waals surface area contributed by atoms with Crippen molar-refractivity contribution in [3.63, 3.8) is 0 Å². The van der Waals surface area contributed by atoms with E-state index in [9.17, 15) is 13.2 Å². The van der Waals surface area contributed by atoms with Crippen molar-refractivity contribution < 1.29 is 17.9 Å². The highest BCUT2D eigenvalue weighted by molar-refractivity contribution is 7.89. The minimum absolute atomic E-state index is 0.242. The molecule has 2 aliphatic rings. The van der Waals surface area contributed by atoms with Gasteiger partial charge in [-0.1, -0.05) is 29.8 Å². The summed E-state index contributed by atoms with van der Waals surface area (Å²) in [4.78, 5) is 20.0. The van der Waals surface area contributed by atoms with Crippen molar-refractivity contribution in [1.29, 1.82) is 0 Å². The molecular formula is C27H32N4O4S2. The van der Waals surface area contributed by atoms with Crippen molar-refractivity contribution in [2.24, 2.45) is 4.99 Å². The SMILES string of the molecule is Cc1ccc(-c2csc(=Nc3ccc(S(=O)(=O)N4CCOCC4)cc3)n2CCCN2CCCC2=O)cc1. The Labute approximate surface area is 221 Å². The van der Waals surface area contributed by atoms with Crippen molar-refractivity contribution in [1.82, 2.24) is 13.8 Å². The van der Waals surface area contributed by atoms with Crippen molar-refractivity contribution in [2.75, 3.05) is 39.4 Å². The number of ether oxygens (including phenoxy) is 1. The number of amides is 1. The number of carbonyl (C=O) groups is 1. The lowest BCUT2D eigenvalue weighted by Crippen LogP contribution is -2.40. The van der Waals surface area contributed by atoms with Crippen LogP contribution >= 0.6 is 11.3 Å². The lowest BCUT2D eigenvalue weighted by molar-refractivity contribution is -0.127. The molecule has 0 atom stereocenters. The molecule has 3 aromatic rings. The molecule has 0 bridgehead atoms. The van der Waals surface area contributed by atoms with E-state index in [0.717, 1.165) is 48.5 Å². The third kappa shape index (κ3) is 5.87. The van der Waals surface area contributed by atoms with E-state index in [1.54, 1.807) is 35.6 Å². The molecule has 0 N–H and O–H groups in total. The van der Waals surface area contributed by atoms with Crippen molar-refractivity contribution in [2.45, 2.75) is 37.6 Å². The molecule has 2 aliphatic heterocycles. The standard InChI is InChI=1S/C27H32N4O4S2/c1-21-5-7-22(8-6-21)25-20-36-27(31(25)15-3-14-29-13-2-4-26(29)32)28-23-9-11-24(12-10-23)37(33,34)30-16-18-35-19-17-30/h5-12,20H,2-4,13-19H2,1H3. The van der Waals surface area contributed by atoms with Crippen LogP contribution in [0.2, 0.25) is 0 Å². The molecule has 10 heteroatoms. The van der Waals surface area contributed by atoms with Gasteiger partial charge >= 0.3 is 0 Å². The molecule has 3 heterocycles. The highest BCUT2D eigenvalue weighted by atomic mass is 32.2. The van der Waals surface area contributed by atoms with Crippen LogP contribution in [0.4, 0.5) is 5.69 Å². The third-order valence-corrected chi connectivity index (χ3v) is 9.57. The zero-order valence-electron chi connectivity index (χ0n) is 21.0. The number of thiazole rings is 1. The summed E-state index contributed by atoms with van der Waals surface area (Å²) >= 11 is 1.56. The Morgan fingerprint density at radius 2 is 1.70 bits per heavy atom. The van der Waals surface area contributed by atoms with Crippen LogP contribution in [0, 0.1) is 6.92 Å². The summed E-state index contributed by atoms with van der Waals surface area (Å²) in [6.07, 6.45) is 2.43. The van der Waals surface area contributed by atoms with E-state index in [4.69, 9.17) is 9.73 Å². The first-order chi connectivity index (χ1) is 17.9. The molecule has 8 nitrogen and oxygen atoms in total. The Kier molecular flexibility index (Phi) is 7.89. The van der Waals surface area contributed by atoms with E-state index < -0.39 is 10.0 Å². The Morgan fingerprint density at radius 3 is 2.38 bits per heavy atom. The Balaban J connectivity index is 1.41. The number of benzene rings is 2. The van der Waals surface area contributed by atoms with Crippen LogP contribution < -0.4 is 4.80 Å². The number of carbonyl (C=O) groups excluding carboxylic acids is 1. The van der Waals surface area contributed by atoms with Crippen molar-refractivity contribution in [3.8, 4) is 11.3 Å². The van der Waals surface area contributed by atoms with Gasteiger partial charge < -0.3 is 14.2 Å². The Morgan fingerprint density at radius 1 is 0.973 bits per heavy atom. The van der Waals surface area contributed by atoms with E-state index >= 15 is 0 Å². The third-order valence-electron chi connectivity index (χ3n) is 6.80. The number of rotatable bonds is 8. The lowest BCUT2D eigenvalue weighted by Gasteiger charge is -2.26. The number of sulfonamides is 1.